The molecule has 1 aromatic heterocycles. The van der Waals surface area contributed by atoms with Crippen LogP contribution in [0.2, 0.25) is 10.0 Å². The molecule has 0 fully saturated rings. The number of hydrogen-bond donors (Lipinski definition) is 1. The summed E-state index contributed by atoms with van der Waals surface area (Å²) in [4.78, 5) is 7.78. The summed E-state index contributed by atoms with van der Waals surface area (Å²) in [6.45, 7) is 0. The summed E-state index contributed by atoms with van der Waals surface area (Å²) in [6.07, 6.45) is 2.57. The quantitative estimate of drug-likeness (QED) is 0.931. The molecule has 17 heavy (non-hydrogen) atoms. The van der Waals surface area contributed by atoms with Crippen LogP contribution >= 0.6 is 23.2 Å². The molecule has 2 rings (SSSR count). The minimum atomic E-state index is -0.740. The largest absolute Gasteiger partial charge is 0.386 e. The minimum absolute atomic E-state index is 0.329. The Morgan fingerprint density at radius 1 is 1.18 bits per heavy atom. The van der Waals surface area contributed by atoms with E-state index in [9.17, 15) is 5.11 Å². The molecule has 0 saturated carbocycles. The van der Waals surface area contributed by atoms with Crippen LogP contribution in [0.15, 0.2) is 36.8 Å². The maximum atomic E-state index is 10.0. The van der Waals surface area contributed by atoms with Crippen molar-refractivity contribution in [1.82, 2.24) is 9.97 Å². The van der Waals surface area contributed by atoms with Gasteiger partial charge in [-0.1, -0.05) is 29.3 Å². The molecule has 0 aliphatic carbocycles. The van der Waals surface area contributed by atoms with E-state index in [4.69, 9.17) is 23.2 Å². The number of benzene rings is 1. The Hall–Kier alpha value is -1.16. The van der Waals surface area contributed by atoms with Gasteiger partial charge in [0.1, 0.15) is 12.4 Å². The zero-order valence-corrected chi connectivity index (χ0v) is 10.4. The van der Waals surface area contributed by atoms with Crippen LogP contribution in [0.4, 0.5) is 0 Å². The van der Waals surface area contributed by atoms with Crippen LogP contribution in [0, 0.1) is 0 Å². The molecule has 1 N–H and O–H groups in total. The molecular formula is C12H10Cl2N2O. The molecule has 0 aliphatic rings. The number of halogens is 2. The summed E-state index contributed by atoms with van der Waals surface area (Å²) in [7, 11) is 0. The number of aromatic nitrogens is 2. The fourth-order valence-corrected chi connectivity index (χ4v) is 2.08. The van der Waals surface area contributed by atoms with E-state index in [1.54, 1.807) is 30.5 Å². The van der Waals surface area contributed by atoms with Gasteiger partial charge < -0.3 is 5.11 Å². The van der Waals surface area contributed by atoms with Gasteiger partial charge in [-0.2, -0.15) is 0 Å². The molecular weight excluding hydrogens is 259 g/mol. The maximum absolute atomic E-state index is 10.0. The number of hydrogen-bond acceptors (Lipinski definition) is 3. The number of rotatable bonds is 3. The van der Waals surface area contributed by atoms with Crippen LogP contribution in [-0.4, -0.2) is 15.1 Å². The van der Waals surface area contributed by atoms with Crippen LogP contribution in [0.25, 0.3) is 0 Å². The van der Waals surface area contributed by atoms with Crippen molar-refractivity contribution < 1.29 is 5.11 Å². The van der Waals surface area contributed by atoms with Gasteiger partial charge in [0, 0.05) is 22.7 Å². The Balaban J connectivity index is 2.22. The predicted octanol–water partition coefficient (Wildman–Crippen LogP) is 3.06. The standard InChI is InChI=1S/C12H10Cl2N2O/c13-9-2-1-3-10(14)8(9)6-12(17)11-4-5-15-7-16-11/h1-5,7,12,17H,6H2. The first-order valence-electron chi connectivity index (χ1n) is 5.05. The van der Waals surface area contributed by atoms with Crippen LogP contribution in [0.5, 0.6) is 0 Å². The molecule has 1 atom stereocenters. The summed E-state index contributed by atoms with van der Waals surface area (Å²) in [6, 6.07) is 6.92. The SMILES string of the molecule is OC(Cc1c(Cl)cccc1Cl)c1ccncn1. The monoisotopic (exact) mass is 268 g/mol. The average molecular weight is 269 g/mol. The molecule has 0 spiro atoms. The van der Waals surface area contributed by atoms with Crippen molar-refractivity contribution in [3.63, 3.8) is 0 Å². The Labute approximate surface area is 109 Å². The fraction of sp³-hybridized carbons (Fsp3) is 0.167. The van der Waals surface area contributed by atoms with E-state index in [1.807, 2.05) is 0 Å². The molecule has 0 amide bonds. The van der Waals surface area contributed by atoms with E-state index in [1.165, 1.54) is 6.33 Å². The van der Waals surface area contributed by atoms with E-state index in [-0.39, 0.29) is 0 Å². The Morgan fingerprint density at radius 2 is 1.88 bits per heavy atom. The molecule has 0 aliphatic heterocycles. The first-order chi connectivity index (χ1) is 8.18. The van der Waals surface area contributed by atoms with Crippen molar-refractivity contribution in [2.24, 2.45) is 0 Å². The highest BCUT2D eigenvalue weighted by molar-refractivity contribution is 6.35. The van der Waals surface area contributed by atoms with E-state index < -0.39 is 6.10 Å². The molecule has 3 nitrogen and oxygen atoms in total. The number of nitrogens with zero attached hydrogens (tertiary/aromatic N) is 2. The normalized spacial score (nSPS) is 12.4. The molecule has 0 radical (unpaired) electrons. The van der Waals surface area contributed by atoms with Gasteiger partial charge in [-0.15, -0.1) is 0 Å². The van der Waals surface area contributed by atoms with Gasteiger partial charge in [0.05, 0.1) is 5.69 Å². The first kappa shape index (κ1) is 12.3. The van der Waals surface area contributed by atoms with E-state index in [0.29, 0.717) is 22.2 Å². The van der Waals surface area contributed by atoms with Crippen molar-refractivity contribution in [2.45, 2.75) is 12.5 Å². The Kier molecular flexibility index (Phi) is 3.94. The number of aliphatic hydroxyl groups excluding tert-OH is 1. The van der Waals surface area contributed by atoms with Gasteiger partial charge >= 0.3 is 0 Å². The van der Waals surface area contributed by atoms with E-state index in [0.717, 1.165) is 5.56 Å². The second-order valence-electron chi connectivity index (χ2n) is 3.55. The lowest BCUT2D eigenvalue weighted by Gasteiger charge is -2.12. The van der Waals surface area contributed by atoms with Crippen LogP contribution in [-0.2, 0) is 6.42 Å². The zero-order chi connectivity index (χ0) is 12.3. The van der Waals surface area contributed by atoms with E-state index >= 15 is 0 Å². The lowest BCUT2D eigenvalue weighted by atomic mass is 10.1. The minimum Gasteiger partial charge on any atom is -0.386 e. The van der Waals surface area contributed by atoms with Crippen LogP contribution in [0.1, 0.15) is 17.4 Å². The second kappa shape index (κ2) is 5.45. The Bertz CT molecular complexity index is 485. The van der Waals surface area contributed by atoms with Gasteiger partial charge in [0.2, 0.25) is 0 Å². The summed E-state index contributed by atoms with van der Waals surface area (Å²) in [5.41, 5.74) is 1.28. The van der Waals surface area contributed by atoms with Gasteiger partial charge in [-0.3, -0.25) is 0 Å². The molecule has 1 heterocycles. The first-order valence-corrected chi connectivity index (χ1v) is 5.81. The van der Waals surface area contributed by atoms with Crippen molar-refractivity contribution >= 4 is 23.2 Å². The van der Waals surface area contributed by atoms with Crippen molar-refractivity contribution in [2.75, 3.05) is 0 Å². The second-order valence-corrected chi connectivity index (χ2v) is 4.37. The molecule has 88 valence electrons. The summed E-state index contributed by atoms with van der Waals surface area (Å²) < 4.78 is 0. The smallest absolute Gasteiger partial charge is 0.115 e. The maximum Gasteiger partial charge on any atom is 0.115 e. The molecule has 1 unspecified atom stereocenters. The van der Waals surface area contributed by atoms with E-state index in [2.05, 4.69) is 9.97 Å². The van der Waals surface area contributed by atoms with Crippen molar-refractivity contribution in [3.05, 3.63) is 58.1 Å². The summed E-state index contributed by atoms with van der Waals surface area (Å²) in [5, 5.41) is 11.1. The van der Waals surface area contributed by atoms with Crippen LogP contribution < -0.4 is 0 Å². The zero-order valence-electron chi connectivity index (χ0n) is 8.85. The average Bonchev–Trinajstić information content (AvgIpc) is 2.35. The topological polar surface area (TPSA) is 46.0 Å². The lowest BCUT2D eigenvalue weighted by Crippen LogP contribution is -2.05. The third-order valence-corrected chi connectivity index (χ3v) is 3.11. The molecule has 1 aromatic carbocycles. The number of aliphatic hydroxyl groups is 1. The van der Waals surface area contributed by atoms with Gasteiger partial charge in [-0.05, 0) is 23.8 Å². The van der Waals surface area contributed by atoms with Crippen molar-refractivity contribution in [3.8, 4) is 0 Å². The molecule has 2 aromatic rings. The lowest BCUT2D eigenvalue weighted by molar-refractivity contribution is 0.173. The van der Waals surface area contributed by atoms with Crippen LogP contribution in [0.3, 0.4) is 0 Å². The molecule has 5 heteroatoms. The van der Waals surface area contributed by atoms with Crippen molar-refractivity contribution in [1.29, 1.82) is 0 Å². The highest BCUT2D eigenvalue weighted by Gasteiger charge is 2.14. The highest BCUT2D eigenvalue weighted by Crippen LogP contribution is 2.28. The molecule has 0 saturated heterocycles. The molecule has 0 bridgehead atoms. The Morgan fingerprint density at radius 3 is 2.47 bits per heavy atom. The fourth-order valence-electron chi connectivity index (χ4n) is 1.52. The third kappa shape index (κ3) is 2.94. The third-order valence-electron chi connectivity index (χ3n) is 2.41. The van der Waals surface area contributed by atoms with Gasteiger partial charge in [0.15, 0.2) is 0 Å². The van der Waals surface area contributed by atoms with Gasteiger partial charge in [0.25, 0.3) is 0 Å². The predicted molar refractivity (Wildman–Crippen MR) is 67.2 cm³/mol. The summed E-state index contributed by atoms with van der Waals surface area (Å²) in [5.74, 6) is 0. The highest BCUT2D eigenvalue weighted by atomic mass is 35.5. The summed E-state index contributed by atoms with van der Waals surface area (Å²) >= 11 is 12.1. The van der Waals surface area contributed by atoms with Gasteiger partial charge in [-0.25, -0.2) is 9.97 Å².